The van der Waals surface area contributed by atoms with Gasteiger partial charge in [-0.2, -0.15) is 5.10 Å². The van der Waals surface area contributed by atoms with E-state index in [1.54, 1.807) is 0 Å². The van der Waals surface area contributed by atoms with Crippen LogP contribution in [0.2, 0.25) is 0 Å². The van der Waals surface area contributed by atoms with E-state index < -0.39 is 5.97 Å². The number of hydrogen-bond donors (Lipinski definition) is 2. The van der Waals surface area contributed by atoms with E-state index in [1.165, 1.54) is 18.5 Å². The third-order valence-corrected chi connectivity index (χ3v) is 3.98. The molecule has 2 heterocycles. The van der Waals surface area contributed by atoms with Crippen LogP contribution in [0.3, 0.4) is 0 Å². The lowest BCUT2D eigenvalue weighted by molar-refractivity contribution is -0.136. The molecule has 2 N–H and O–H groups in total. The fourth-order valence-electron chi connectivity index (χ4n) is 3.07. The Morgan fingerprint density at radius 2 is 2.38 bits per heavy atom. The van der Waals surface area contributed by atoms with Crippen LogP contribution in [-0.2, 0) is 17.9 Å². The zero-order valence-corrected chi connectivity index (χ0v) is 13.0. The highest BCUT2D eigenvalue weighted by Gasteiger charge is 2.21. The van der Waals surface area contributed by atoms with E-state index >= 15 is 0 Å². The van der Waals surface area contributed by atoms with Crippen LogP contribution in [0, 0.1) is 12.8 Å². The minimum atomic E-state index is -0.787. The van der Waals surface area contributed by atoms with Crippen molar-refractivity contribution in [3.63, 3.8) is 0 Å². The molecule has 1 fully saturated rings. The van der Waals surface area contributed by atoms with Crippen molar-refractivity contribution >= 4 is 5.97 Å². The Kier molecular flexibility index (Phi) is 5.76. The topological polar surface area (TPSA) is 70.4 Å². The normalized spacial score (nSPS) is 19.8. The zero-order valence-electron chi connectivity index (χ0n) is 13.0. The van der Waals surface area contributed by atoms with E-state index in [0.717, 1.165) is 38.4 Å². The maximum atomic E-state index is 10.5. The first-order chi connectivity index (χ1) is 10.1. The van der Waals surface area contributed by atoms with Crippen molar-refractivity contribution in [1.29, 1.82) is 0 Å². The summed E-state index contributed by atoms with van der Waals surface area (Å²) in [6, 6.07) is 2.16. The summed E-state index contributed by atoms with van der Waals surface area (Å²) < 4.78 is 2.07. The molecule has 1 unspecified atom stereocenters. The molecule has 1 aromatic heterocycles. The largest absolute Gasteiger partial charge is 0.480 e. The van der Waals surface area contributed by atoms with E-state index in [4.69, 9.17) is 5.11 Å². The Balaban J connectivity index is 1.84. The SMILES string of the molecule is CCn1nc(C)cc1CN1CCCC(CNCC(=O)O)C1. The van der Waals surface area contributed by atoms with Gasteiger partial charge in [-0.05, 0) is 51.8 Å². The molecule has 0 radical (unpaired) electrons. The van der Waals surface area contributed by atoms with Crippen LogP contribution in [0.4, 0.5) is 0 Å². The first-order valence-electron chi connectivity index (χ1n) is 7.76. The zero-order chi connectivity index (χ0) is 15.2. The third kappa shape index (κ3) is 4.82. The minimum Gasteiger partial charge on any atom is -0.480 e. The van der Waals surface area contributed by atoms with Gasteiger partial charge < -0.3 is 10.4 Å². The number of carbonyl (C=O) groups is 1. The molecule has 1 atom stereocenters. The Labute approximate surface area is 126 Å². The highest BCUT2D eigenvalue weighted by atomic mass is 16.4. The molecule has 0 aliphatic carbocycles. The van der Waals surface area contributed by atoms with Crippen molar-refractivity contribution in [2.75, 3.05) is 26.2 Å². The number of hydrogen-bond acceptors (Lipinski definition) is 4. The number of rotatable bonds is 7. The molecule has 0 amide bonds. The highest BCUT2D eigenvalue weighted by molar-refractivity contribution is 5.68. The second kappa shape index (κ2) is 7.56. The summed E-state index contributed by atoms with van der Waals surface area (Å²) >= 11 is 0. The van der Waals surface area contributed by atoms with Gasteiger partial charge in [0.25, 0.3) is 0 Å². The average molecular weight is 294 g/mol. The van der Waals surface area contributed by atoms with Gasteiger partial charge in [0.05, 0.1) is 17.9 Å². The van der Waals surface area contributed by atoms with E-state index in [2.05, 4.69) is 33.0 Å². The molecule has 1 aromatic rings. The molecule has 0 aromatic carbocycles. The summed E-state index contributed by atoms with van der Waals surface area (Å²) in [4.78, 5) is 13.0. The lowest BCUT2D eigenvalue weighted by Crippen LogP contribution is -2.40. The van der Waals surface area contributed by atoms with E-state index in [1.807, 2.05) is 6.92 Å². The number of nitrogens with one attached hydrogen (secondary N) is 1. The van der Waals surface area contributed by atoms with Gasteiger partial charge in [0.15, 0.2) is 0 Å². The van der Waals surface area contributed by atoms with Gasteiger partial charge in [-0.1, -0.05) is 0 Å². The quantitative estimate of drug-likeness (QED) is 0.788. The molecule has 0 bridgehead atoms. The van der Waals surface area contributed by atoms with Crippen molar-refractivity contribution in [3.8, 4) is 0 Å². The van der Waals surface area contributed by atoms with Crippen molar-refractivity contribution in [1.82, 2.24) is 20.0 Å². The number of aliphatic carboxylic acids is 1. The van der Waals surface area contributed by atoms with Crippen LogP contribution in [0.5, 0.6) is 0 Å². The number of carboxylic acids is 1. The summed E-state index contributed by atoms with van der Waals surface area (Å²) in [6.45, 7) is 8.97. The van der Waals surface area contributed by atoms with Gasteiger partial charge in [0, 0.05) is 19.6 Å². The number of piperidine rings is 1. The van der Waals surface area contributed by atoms with Gasteiger partial charge in [-0.25, -0.2) is 0 Å². The number of aromatic nitrogens is 2. The van der Waals surface area contributed by atoms with Crippen molar-refractivity contribution < 1.29 is 9.90 Å². The molecule has 2 rings (SSSR count). The predicted molar refractivity (Wildman–Crippen MR) is 81.1 cm³/mol. The number of likely N-dealkylation sites (tertiary alicyclic amines) is 1. The van der Waals surface area contributed by atoms with Gasteiger partial charge in [0.1, 0.15) is 0 Å². The van der Waals surface area contributed by atoms with Crippen molar-refractivity contribution in [2.24, 2.45) is 5.92 Å². The van der Waals surface area contributed by atoms with E-state index in [9.17, 15) is 4.79 Å². The van der Waals surface area contributed by atoms with Crippen LogP contribution < -0.4 is 5.32 Å². The molecule has 0 spiro atoms. The fourth-order valence-corrected chi connectivity index (χ4v) is 3.07. The lowest BCUT2D eigenvalue weighted by Gasteiger charge is -2.32. The Bertz CT molecular complexity index is 472. The molecule has 1 aliphatic heterocycles. The van der Waals surface area contributed by atoms with Gasteiger partial charge in [0.2, 0.25) is 0 Å². The number of carboxylic acid groups (broad SMARTS) is 1. The Hall–Kier alpha value is -1.40. The smallest absolute Gasteiger partial charge is 0.317 e. The van der Waals surface area contributed by atoms with Crippen molar-refractivity contribution in [2.45, 2.75) is 39.8 Å². The van der Waals surface area contributed by atoms with Gasteiger partial charge in [-0.3, -0.25) is 14.4 Å². The molecule has 1 saturated heterocycles. The molecule has 1 aliphatic rings. The fraction of sp³-hybridized carbons (Fsp3) is 0.733. The second-order valence-electron chi connectivity index (χ2n) is 5.86. The summed E-state index contributed by atoms with van der Waals surface area (Å²) in [7, 11) is 0. The number of nitrogens with zero attached hydrogens (tertiary/aromatic N) is 3. The summed E-state index contributed by atoms with van der Waals surface area (Å²) in [5.41, 5.74) is 2.35. The molecular weight excluding hydrogens is 268 g/mol. The van der Waals surface area contributed by atoms with Crippen LogP contribution in [0.25, 0.3) is 0 Å². The van der Waals surface area contributed by atoms with Crippen LogP contribution >= 0.6 is 0 Å². The van der Waals surface area contributed by atoms with Crippen LogP contribution in [0.1, 0.15) is 31.2 Å². The van der Waals surface area contributed by atoms with E-state index in [-0.39, 0.29) is 6.54 Å². The molecule has 21 heavy (non-hydrogen) atoms. The molecular formula is C15H26N4O2. The minimum absolute atomic E-state index is 0.0539. The summed E-state index contributed by atoms with van der Waals surface area (Å²) in [6.07, 6.45) is 2.36. The third-order valence-electron chi connectivity index (χ3n) is 3.98. The standard InChI is InChI=1S/C15H26N4O2/c1-3-19-14(7-12(2)17-19)11-18-6-4-5-13(10-18)8-16-9-15(20)21/h7,13,16H,3-6,8-11H2,1-2H3,(H,20,21). The number of aryl methyl sites for hydroxylation is 2. The maximum Gasteiger partial charge on any atom is 0.317 e. The summed E-state index contributed by atoms with van der Waals surface area (Å²) in [5.74, 6) is -0.248. The Morgan fingerprint density at radius 1 is 1.57 bits per heavy atom. The molecule has 118 valence electrons. The first kappa shape index (κ1) is 16.0. The maximum absolute atomic E-state index is 10.5. The molecule has 0 saturated carbocycles. The predicted octanol–water partition coefficient (Wildman–Crippen LogP) is 1.10. The van der Waals surface area contributed by atoms with Crippen molar-refractivity contribution in [3.05, 3.63) is 17.5 Å². The first-order valence-corrected chi connectivity index (χ1v) is 7.76. The van der Waals surface area contributed by atoms with Crippen LogP contribution in [0.15, 0.2) is 6.07 Å². The monoisotopic (exact) mass is 294 g/mol. The van der Waals surface area contributed by atoms with Gasteiger partial charge in [-0.15, -0.1) is 0 Å². The lowest BCUT2D eigenvalue weighted by atomic mass is 9.98. The second-order valence-corrected chi connectivity index (χ2v) is 5.86. The molecule has 6 nitrogen and oxygen atoms in total. The van der Waals surface area contributed by atoms with Crippen LogP contribution in [-0.4, -0.2) is 51.9 Å². The van der Waals surface area contributed by atoms with E-state index in [0.29, 0.717) is 5.92 Å². The van der Waals surface area contributed by atoms with Gasteiger partial charge >= 0.3 is 5.97 Å². The average Bonchev–Trinajstić information content (AvgIpc) is 2.79. The summed E-state index contributed by atoms with van der Waals surface area (Å²) in [5, 5.41) is 16.2. The highest BCUT2D eigenvalue weighted by Crippen LogP contribution is 2.18. The molecule has 6 heteroatoms. The Morgan fingerprint density at radius 3 is 3.10 bits per heavy atom.